The third-order valence-electron chi connectivity index (χ3n) is 2.34. The lowest BCUT2D eigenvalue weighted by Crippen LogP contribution is -2.39. The van der Waals surface area contributed by atoms with Crippen molar-refractivity contribution in [3.05, 3.63) is 48.0 Å². The summed E-state index contributed by atoms with van der Waals surface area (Å²) >= 11 is 0. The zero-order valence-electron chi connectivity index (χ0n) is 7.75. The number of amidine groups is 2. The average molecular weight is 194 g/mol. The molecule has 0 fully saturated rings. The lowest BCUT2D eigenvalue weighted by Gasteiger charge is -2.31. The molecule has 70 valence electrons. The maximum atomic E-state index is 8.94. The Hall–Kier alpha value is -2.41. The zero-order valence-corrected chi connectivity index (χ0v) is 7.75. The fourth-order valence-corrected chi connectivity index (χ4v) is 1.68. The SMILES string of the molecule is N#CC1=CN=C2C=CC=C3C=CN=C1N32. The van der Waals surface area contributed by atoms with Gasteiger partial charge in [0.05, 0.1) is 11.9 Å². The lowest BCUT2D eigenvalue weighted by atomic mass is 10.1. The highest BCUT2D eigenvalue weighted by molar-refractivity contribution is 6.18. The zero-order chi connectivity index (χ0) is 10.3. The van der Waals surface area contributed by atoms with Gasteiger partial charge in [-0.25, -0.2) is 9.98 Å². The van der Waals surface area contributed by atoms with E-state index in [1.54, 1.807) is 12.4 Å². The molecule has 0 aromatic heterocycles. The van der Waals surface area contributed by atoms with E-state index in [1.807, 2.05) is 29.2 Å². The molecule has 0 atom stereocenters. The van der Waals surface area contributed by atoms with E-state index in [0.29, 0.717) is 11.4 Å². The van der Waals surface area contributed by atoms with Gasteiger partial charge < -0.3 is 0 Å². The molecule has 0 spiro atoms. The van der Waals surface area contributed by atoms with Crippen LogP contribution in [0.15, 0.2) is 58.0 Å². The van der Waals surface area contributed by atoms with E-state index in [1.165, 1.54) is 0 Å². The minimum absolute atomic E-state index is 0.490. The molecule has 0 saturated heterocycles. The average Bonchev–Trinajstić information content (AvgIpc) is 2.30. The standard InChI is InChI=1S/C11H6N4/c12-6-8-7-14-10-3-1-2-9-4-5-13-11(8)15(9)10/h1-5,7H. The molecule has 0 amide bonds. The van der Waals surface area contributed by atoms with Crippen LogP contribution in [0, 0.1) is 11.3 Å². The van der Waals surface area contributed by atoms with E-state index in [4.69, 9.17) is 5.26 Å². The topological polar surface area (TPSA) is 51.8 Å². The second-order valence-corrected chi connectivity index (χ2v) is 3.20. The van der Waals surface area contributed by atoms with Gasteiger partial charge in [0.25, 0.3) is 0 Å². The van der Waals surface area contributed by atoms with E-state index >= 15 is 0 Å². The molecule has 0 unspecified atom stereocenters. The predicted molar refractivity (Wildman–Crippen MR) is 56.8 cm³/mol. The predicted octanol–water partition coefficient (Wildman–Crippen LogP) is 1.49. The van der Waals surface area contributed by atoms with Crippen molar-refractivity contribution in [2.24, 2.45) is 9.98 Å². The fraction of sp³-hybridized carbons (Fsp3) is 0. The fourth-order valence-electron chi connectivity index (χ4n) is 1.68. The molecule has 3 heterocycles. The number of rotatable bonds is 0. The summed E-state index contributed by atoms with van der Waals surface area (Å²) in [6, 6.07) is 2.09. The van der Waals surface area contributed by atoms with Crippen molar-refractivity contribution in [1.82, 2.24) is 4.90 Å². The molecule has 0 N–H and O–H groups in total. The maximum absolute atomic E-state index is 8.94. The molecule has 3 rings (SSSR count). The summed E-state index contributed by atoms with van der Waals surface area (Å²) in [5, 5.41) is 8.94. The van der Waals surface area contributed by atoms with Gasteiger partial charge in [-0.3, -0.25) is 4.90 Å². The molecule has 0 aromatic carbocycles. The minimum atomic E-state index is 0.490. The number of allylic oxidation sites excluding steroid dienone is 3. The molecule has 0 radical (unpaired) electrons. The number of nitrogens with zero attached hydrogens (tertiary/aromatic N) is 4. The van der Waals surface area contributed by atoms with Gasteiger partial charge in [-0.05, 0) is 18.2 Å². The molecule has 0 bridgehead atoms. The Bertz CT molecular complexity index is 550. The molecule has 15 heavy (non-hydrogen) atoms. The van der Waals surface area contributed by atoms with Crippen molar-refractivity contribution in [2.45, 2.75) is 0 Å². The summed E-state index contributed by atoms with van der Waals surface area (Å²) in [4.78, 5) is 10.3. The van der Waals surface area contributed by atoms with Crippen LogP contribution in [0.4, 0.5) is 0 Å². The van der Waals surface area contributed by atoms with Gasteiger partial charge in [0.2, 0.25) is 0 Å². The summed E-state index contributed by atoms with van der Waals surface area (Å²) in [6.07, 6.45) is 10.9. The van der Waals surface area contributed by atoms with Crippen molar-refractivity contribution in [2.75, 3.05) is 0 Å². The van der Waals surface area contributed by atoms with Gasteiger partial charge in [-0.15, -0.1) is 0 Å². The highest BCUT2D eigenvalue weighted by Gasteiger charge is 2.27. The van der Waals surface area contributed by atoms with E-state index < -0.39 is 0 Å². The normalized spacial score (nSPS) is 20.9. The summed E-state index contributed by atoms with van der Waals surface area (Å²) in [7, 11) is 0. The molecule has 0 saturated carbocycles. The molecule has 4 nitrogen and oxygen atoms in total. The van der Waals surface area contributed by atoms with E-state index in [-0.39, 0.29) is 0 Å². The smallest absolute Gasteiger partial charge is 0.158 e. The number of nitriles is 1. The summed E-state index contributed by atoms with van der Waals surface area (Å²) in [6.45, 7) is 0. The van der Waals surface area contributed by atoms with Crippen molar-refractivity contribution in [1.29, 1.82) is 5.26 Å². The lowest BCUT2D eigenvalue weighted by molar-refractivity contribution is 0.757. The number of hydrogen-bond acceptors (Lipinski definition) is 4. The van der Waals surface area contributed by atoms with Crippen LogP contribution < -0.4 is 0 Å². The van der Waals surface area contributed by atoms with Gasteiger partial charge in [0.15, 0.2) is 5.84 Å². The van der Waals surface area contributed by atoms with Crippen molar-refractivity contribution in [3.63, 3.8) is 0 Å². The molecule has 3 aliphatic rings. The number of aliphatic imine (C=N–C) groups is 2. The van der Waals surface area contributed by atoms with E-state index in [0.717, 1.165) is 11.5 Å². The molecule has 0 aliphatic carbocycles. The van der Waals surface area contributed by atoms with Gasteiger partial charge in [0, 0.05) is 6.20 Å². The van der Waals surface area contributed by atoms with Gasteiger partial charge in [0.1, 0.15) is 17.5 Å². The summed E-state index contributed by atoms with van der Waals surface area (Å²) in [5.41, 5.74) is 1.48. The first kappa shape index (κ1) is 7.94. The van der Waals surface area contributed by atoms with Crippen LogP contribution in [0.5, 0.6) is 0 Å². The Morgan fingerprint density at radius 3 is 3.07 bits per heavy atom. The van der Waals surface area contributed by atoms with Gasteiger partial charge in [-0.1, -0.05) is 6.08 Å². The second kappa shape index (κ2) is 2.79. The second-order valence-electron chi connectivity index (χ2n) is 3.20. The highest BCUT2D eigenvalue weighted by Crippen LogP contribution is 2.24. The van der Waals surface area contributed by atoms with Crippen LogP contribution in [-0.2, 0) is 0 Å². The Balaban J connectivity index is 2.24. The molecule has 3 aliphatic heterocycles. The Labute approximate surface area is 86.6 Å². The van der Waals surface area contributed by atoms with Crippen LogP contribution in [0.1, 0.15) is 0 Å². The quantitative estimate of drug-likeness (QED) is 0.586. The first-order chi connectivity index (χ1) is 7.40. The van der Waals surface area contributed by atoms with E-state index in [9.17, 15) is 0 Å². The van der Waals surface area contributed by atoms with Crippen LogP contribution in [-0.4, -0.2) is 16.6 Å². The monoisotopic (exact) mass is 194 g/mol. The first-order valence-corrected chi connectivity index (χ1v) is 4.51. The minimum Gasteiger partial charge on any atom is -0.278 e. The van der Waals surface area contributed by atoms with Crippen molar-refractivity contribution < 1.29 is 0 Å². The highest BCUT2D eigenvalue weighted by atomic mass is 15.3. The maximum Gasteiger partial charge on any atom is 0.158 e. The third-order valence-corrected chi connectivity index (χ3v) is 2.34. The molecule has 0 aromatic rings. The molecule has 4 heteroatoms. The Morgan fingerprint density at radius 2 is 2.20 bits per heavy atom. The van der Waals surface area contributed by atoms with Crippen molar-refractivity contribution >= 4 is 11.7 Å². The van der Waals surface area contributed by atoms with Gasteiger partial charge in [-0.2, -0.15) is 5.26 Å². The molecular weight excluding hydrogens is 188 g/mol. The van der Waals surface area contributed by atoms with Crippen LogP contribution in [0.3, 0.4) is 0 Å². The van der Waals surface area contributed by atoms with Gasteiger partial charge >= 0.3 is 0 Å². The van der Waals surface area contributed by atoms with Crippen LogP contribution in [0.25, 0.3) is 0 Å². The summed E-state index contributed by atoms with van der Waals surface area (Å²) < 4.78 is 0. The Kier molecular flexibility index (Phi) is 1.48. The van der Waals surface area contributed by atoms with Crippen molar-refractivity contribution in [3.8, 4) is 6.07 Å². The van der Waals surface area contributed by atoms with E-state index in [2.05, 4.69) is 16.1 Å². The first-order valence-electron chi connectivity index (χ1n) is 4.51. The largest absolute Gasteiger partial charge is 0.278 e. The third kappa shape index (κ3) is 1.00. The molecular formula is C11H6N4. The number of hydrogen-bond donors (Lipinski definition) is 0. The Morgan fingerprint density at radius 1 is 1.27 bits per heavy atom. The summed E-state index contributed by atoms with van der Waals surface area (Å²) in [5.74, 6) is 1.45. The van der Waals surface area contributed by atoms with Crippen LogP contribution >= 0.6 is 0 Å². The van der Waals surface area contributed by atoms with Crippen LogP contribution in [0.2, 0.25) is 0 Å².